The molecule has 2 aromatic rings. The highest BCUT2D eigenvalue weighted by atomic mass is 35.5. The van der Waals surface area contributed by atoms with E-state index in [1.54, 1.807) is 24.1 Å². The molecule has 5 heteroatoms. The maximum Gasteiger partial charge on any atom is 0.242 e. The van der Waals surface area contributed by atoms with Gasteiger partial charge in [0.1, 0.15) is 6.04 Å². The average Bonchev–Trinajstić information content (AvgIpc) is 2.62. The Labute approximate surface area is 160 Å². The molecule has 4 nitrogen and oxygen atoms in total. The first kappa shape index (κ1) is 20.0. The Hall–Kier alpha value is -2.33. The maximum absolute atomic E-state index is 13.0. The predicted octanol–water partition coefficient (Wildman–Crippen LogP) is 3.74. The van der Waals surface area contributed by atoms with E-state index < -0.39 is 6.04 Å². The number of carbonyl (C=O) groups is 2. The quantitative estimate of drug-likeness (QED) is 0.804. The third-order valence-corrected chi connectivity index (χ3v) is 4.59. The summed E-state index contributed by atoms with van der Waals surface area (Å²) in [6.07, 6.45) is 0.757. The van der Waals surface area contributed by atoms with E-state index in [0.29, 0.717) is 18.0 Å². The van der Waals surface area contributed by atoms with Crippen molar-refractivity contribution in [2.45, 2.75) is 39.3 Å². The molecule has 0 bridgehead atoms. The predicted molar refractivity (Wildman–Crippen MR) is 105 cm³/mol. The number of hydrogen-bond donors (Lipinski definition) is 1. The minimum atomic E-state index is -0.506. The second kappa shape index (κ2) is 9.39. The van der Waals surface area contributed by atoms with Crippen LogP contribution in [0.15, 0.2) is 48.5 Å². The summed E-state index contributed by atoms with van der Waals surface area (Å²) in [6.45, 7) is 4.32. The van der Waals surface area contributed by atoms with Crippen LogP contribution in [-0.2, 0) is 22.6 Å². The lowest BCUT2D eigenvalue weighted by atomic mass is 10.1. The number of nitrogens with zero attached hydrogens (tertiary/aromatic N) is 1. The van der Waals surface area contributed by atoms with Gasteiger partial charge in [0, 0.05) is 18.6 Å². The molecule has 0 saturated heterocycles. The molecule has 1 unspecified atom stereocenters. The molecule has 0 aromatic heterocycles. The highest BCUT2D eigenvalue weighted by Crippen LogP contribution is 2.17. The normalized spacial score (nSPS) is 11.7. The summed E-state index contributed by atoms with van der Waals surface area (Å²) in [5.41, 5.74) is 2.99. The molecule has 1 N–H and O–H groups in total. The van der Waals surface area contributed by atoms with Crippen LogP contribution in [0.3, 0.4) is 0 Å². The largest absolute Gasteiger partial charge is 0.357 e. The Balaban J connectivity index is 2.27. The summed E-state index contributed by atoms with van der Waals surface area (Å²) in [5, 5.41) is 3.26. The SMILES string of the molecule is CCC(C(=O)NC)N(Cc1ccc(C)cc1)C(=O)Cc1cccc(Cl)c1. The number of benzene rings is 2. The van der Waals surface area contributed by atoms with Gasteiger partial charge in [-0.15, -0.1) is 0 Å². The zero-order chi connectivity index (χ0) is 19.1. The first-order chi connectivity index (χ1) is 12.4. The van der Waals surface area contributed by atoms with Crippen LogP contribution >= 0.6 is 11.6 Å². The van der Waals surface area contributed by atoms with Crippen LogP contribution in [0, 0.1) is 6.92 Å². The summed E-state index contributed by atoms with van der Waals surface area (Å²) < 4.78 is 0. The zero-order valence-electron chi connectivity index (χ0n) is 15.5. The Morgan fingerprint density at radius 3 is 2.38 bits per heavy atom. The summed E-state index contributed by atoms with van der Waals surface area (Å²) >= 11 is 6.03. The molecule has 1 atom stereocenters. The number of rotatable bonds is 7. The van der Waals surface area contributed by atoms with Gasteiger partial charge in [-0.3, -0.25) is 9.59 Å². The summed E-state index contributed by atoms with van der Waals surface area (Å²) in [7, 11) is 1.59. The van der Waals surface area contributed by atoms with Crippen molar-refractivity contribution in [3.8, 4) is 0 Å². The molecular weight excluding hydrogens is 348 g/mol. The number of aryl methyl sites for hydroxylation is 1. The summed E-state index contributed by atoms with van der Waals surface area (Å²) in [4.78, 5) is 27.0. The van der Waals surface area contributed by atoms with Gasteiger partial charge in [-0.2, -0.15) is 0 Å². The Morgan fingerprint density at radius 2 is 1.81 bits per heavy atom. The van der Waals surface area contributed by atoms with Crippen molar-refractivity contribution in [3.63, 3.8) is 0 Å². The number of likely N-dealkylation sites (N-methyl/N-ethyl adjacent to an activating group) is 1. The van der Waals surface area contributed by atoms with Crippen LogP contribution in [0.2, 0.25) is 5.02 Å². The molecule has 2 amide bonds. The van der Waals surface area contributed by atoms with Gasteiger partial charge >= 0.3 is 0 Å². The molecule has 26 heavy (non-hydrogen) atoms. The van der Waals surface area contributed by atoms with Crippen LogP contribution in [0.1, 0.15) is 30.0 Å². The first-order valence-electron chi connectivity index (χ1n) is 8.75. The average molecular weight is 373 g/mol. The van der Waals surface area contributed by atoms with Gasteiger partial charge in [-0.25, -0.2) is 0 Å². The fraction of sp³-hybridized carbons (Fsp3) is 0.333. The molecule has 0 saturated carbocycles. The molecule has 0 spiro atoms. The third kappa shape index (κ3) is 5.33. The van der Waals surface area contributed by atoms with Crippen molar-refractivity contribution >= 4 is 23.4 Å². The lowest BCUT2D eigenvalue weighted by Gasteiger charge is -2.30. The first-order valence-corrected chi connectivity index (χ1v) is 9.13. The van der Waals surface area contributed by atoms with Crippen LogP contribution in [0.25, 0.3) is 0 Å². The van der Waals surface area contributed by atoms with E-state index in [0.717, 1.165) is 16.7 Å². The lowest BCUT2D eigenvalue weighted by Crippen LogP contribution is -2.48. The van der Waals surface area contributed by atoms with Crippen molar-refractivity contribution in [2.24, 2.45) is 0 Å². The Bertz CT molecular complexity index is 759. The number of halogens is 1. The van der Waals surface area contributed by atoms with Gasteiger partial charge in [0.25, 0.3) is 0 Å². The fourth-order valence-corrected chi connectivity index (χ4v) is 3.11. The molecule has 0 fully saturated rings. The number of carbonyl (C=O) groups excluding carboxylic acids is 2. The summed E-state index contributed by atoms with van der Waals surface area (Å²) in [6, 6.07) is 14.7. The Morgan fingerprint density at radius 1 is 1.12 bits per heavy atom. The fourth-order valence-electron chi connectivity index (χ4n) is 2.90. The van der Waals surface area contributed by atoms with E-state index >= 15 is 0 Å². The third-order valence-electron chi connectivity index (χ3n) is 4.35. The van der Waals surface area contributed by atoms with Gasteiger partial charge in [0.2, 0.25) is 11.8 Å². The number of amides is 2. The highest BCUT2D eigenvalue weighted by molar-refractivity contribution is 6.30. The molecular formula is C21H25ClN2O2. The zero-order valence-corrected chi connectivity index (χ0v) is 16.2. The molecule has 2 rings (SSSR count). The molecule has 0 radical (unpaired) electrons. The van der Waals surface area contributed by atoms with Crippen LogP contribution in [0.5, 0.6) is 0 Å². The van der Waals surface area contributed by atoms with Gasteiger partial charge in [-0.1, -0.05) is 60.5 Å². The standard InChI is InChI=1S/C21H25ClN2O2/c1-4-19(21(26)23-3)24(14-16-10-8-15(2)9-11-16)20(25)13-17-6-5-7-18(22)12-17/h5-12,19H,4,13-14H2,1-3H3,(H,23,26). The molecule has 0 heterocycles. The van der Waals surface area contributed by atoms with Gasteiger partial charge in [-0.05, 0) is 36.6 Å². The van der Waals surface area contributed by atoms with Crippen molar-refractivity contribution in [1.82, 2.24) is 10.2 Å². The van der Waals surface area contributed by atoms with Crippen molar-refractivity contribution in [1.29, 1.82) is 0 Å². The molecule has 138 valence electrons. The van der Waals surface area contributed by atoms with E-state index in [-0.39, 0.29) is 18.2 Å². The van der Waals surface area contributed by atoms with E-state index in [1.807, 2.05) is 50.2 Å². The van der Waals surface area contributed by atoms with E-state index in [9.17, 15) is 9.59 Å². The summed E-state index contributed by atoms with van der Waals surface area (Å²) in [5.74, 6) is -0.248. The van der Waals surface area contributed by atoms with Crippen LogP contribution < -0.4 is 5.32 Å². The minimum absolute atomic E-state index is 0.0942. The number of nitrogens with one attached hydrogen (secondary N) is 1. The molecule has 0 aliphatic carbocycles. The number of hydrogen-bond acceptors (Lipinski definition) is 2. The highest BCUT2D eigenvalue weighted by Gasteiger charge is 2.27. The van der Waals surface area contributed by atoms with Crippen molar-refractivity contribution in [3.05, 3.63) is 70.2 Å². The van der Waals surface area contributed by atoms with E-state index in [4.69, 9.17) is 11.6 Å². The van der Waals surface area contributed by atoms with Gasteiger partial charge in [0.05, 0.1) is 6.42 Å². The lowest BCUT2D eigenvalue weighted by molar-refractivity contribution is -0.140. The second-order valence-corrected chi connectivity index (χ2v) is 6.79. The minimum Gasteiger partial charge on any atom is -0.357 e. The molecule has 0 aliphatic rings. The Kier molecular flexibility index (Phi) is 7.22. The van der Waals surface area contributed by atoms with Crippen LogP contribution in [-0.4, -0.2) is 29.8 Å². The molecule has 2 aromatic carbocycles. The van der Waals surface area contributed by atoms with Gasteiger partial charge in [0.15, 0.2) is 0 Å². The van der Waals surface area contributed by atoms with Crippen molar-refractivity contribution in [2.75, 3.05) is 7.05 Å². The smallest absolute Gasteiger partial charge is 0.242 e. The van der Waals surface area contributed by atoms with Crippen molar-refractivity contribution < 1.29 is 9.59 Å². The second-order valence-electron chi connectivity index (χ2n) is 6.35. The van der Waals surface area contributed by atoms with Gasteiger partial charge < -0.3 is 10.2 Å². The maximum atomic E-state index is 13.0. The topological polar surface area (TPSA) is 49.4 Å². The van der Waals surface area contributed by atoms with E-state index in [1.165, 1.54) is 0 Å². The van der Waals surface area contributed by atoms with E-state index in [2.05, 4.69) is 5.32 Å². The monoisotopic (exact) mass is 372 g/mol. The molecule has 0 aliphatic heterocycles. The van der Waals surface area contributed by atoms with Crippen LogP contribution in [0.4, 0.5) is 0 Å².